The van der Waals surface area contributed by atoms with Crippen LogP contribution in [0.4, 0.5) is 0 Å². The molecule has 2 aromatic carbocycles. The van der Waals surface area contributed by atoms with Crippen LogP contribution in [0.5, 0.6) is 23.0 Å². The molecule has 0 aliphatic carbocycles. The Kier molecular flexibility index (Phi) is 3.35. The lowest BCUT2D eigenvalue weighted by atomic mass is 10.0. The molecule has 2 aromatic rings. The van der Waals surface area contributed by atoms with E-state index in [9.17, 15) is 4.79 Å². The predicted octanol–water partition coefficient (Wildman–Crippen LogP) is 3.45. The smallest absolute Gasteiger partial charge is 0.231 e. The Hall–Kier alpha value is -2.66. The molecular weight excluding hydrogens is 320 g/mol. The average molecular weight is 331 g/mol. The third kappa shape index (κ3) is 2.39. The van der Waals surface area contributed by atoms with Crippen LogP contribution in [-0.4, -0.2) is 19.9 Å². The van der Waals surface area contributed by atoms with Gasteiger partial charge in [-0.1, -0.05) is 17.7 Å². The van der Waals surface area contributed by atoms with Crippen molar-refractivity contribution in [3.63, 3.8) is 0 Å². The maximum atomic E-state index is 11.6. The van der Waals surface area contributed by atoms with E-state index in [0.717, 1.165) is 6.29 Å². The molecule has 0 fully saturated rings. The number of halogens is 1. The van der Waals surface area contributed by atoms with Gasteiger partial charge in [0.25, 0.3) is 0 Å². The SMILES string of the molecule is O=C/C(=C(/Cl)c1ccc2c(c1)OCO2)c1ccc2c(c1)OCO2. The van der Waals surface area contributed by atoms with E-state index in [-0.39, 0.29) is 13.6 Å². The van der Waals surface area contributed by atoms with Crippen LogP contribution in [0, 0.1) is 0 Å². The summed E-state index contributed by atoms with van der Waals surface area (Å²) in [5.41, 5.74) is 1.70. The molecule has 0 aromatic heterocycles. The zero-order valence-corrected chi connectivity index (χ0v) is 12.6. The summed E-state index contributed by atoms with van der Waals surface area (Å²) >= 11 is 6.44. The Morgan fingerprint density at radius 1 is 0.826 bits per heavy atom. The zero-order valence-electron chi connectivity index (χ0n) is 11.9. The van der Waals surface area contributed by atoms with Crippen LogP contribution in [0.2, 0.25) is 0 Å². The number of hydrogen-bond donors (Lipinski definition) is 0. The standard InChI is InChI=1S/C17H11ClO5/c18-17(11-2-4-14-16(6-11)23-9-21-14)12(7-19)10-1-3-13-15(5-10)22-8-20-13/h1-7H,8-9H2/b17-12-. The molecule has 5 nitrogen and oxygen atoms in total. The van der Waals surface area contributed by atoms with Crippen LogP contribution >= 0.6 is 11.6 Å². The Balaban J connectivity index is 1.78. The minimum atomic E-state index is 0.175. The van der Waals surface area contributed by atoms with Crippen molar-refractivity contribution in [3.8, 4) is 23.0 Å². The molecule has 2 heterocycles. The van der Waals surface area contributed by atoms with Gasteiger partial charge in [-0.25, -0.2) is 0 Å². The second kappa shape index (κ2) is 5.52. The highest BCUT2D eigenvalue weighted by molar-refractivity contribution is 6.55. The van der Waals surface area contributed by atoms with Crippen LogP contribution in [-0.2, 0) is 4.79 Å². The maximum Gasteiger partial charge on any atom is 0.231 e. The molecule has 2 aliphatic rings. The van der Waals surface area contributed by atoms with E-state index in [1.807, 2.05) is 0 Å². The molecule has 0 atom stereocenters. The van der Waals surface area contributed by atoms with Crippen molar-refractivity contribution < 1.29 is 23.7 Å². The molecule has 2 aliphatic heterocycles. The summed E-state index contributed by atoms with van der Waals surface area (Å²) in [5.74, 6) is 2.51. The largest absolute Gasteiger partial charge is 0.454 e. The van der Waals surface area contributed by atoms with Crippen molar-refractivity contribution in [1.29, 1.82) is 0 Å². The van der Waals surface area contributed by atoms with E-state index in [1.54, 1.807) is 36.4 Å². The van der Waals surface area contributed by atoms with Crippen LogP contribution in [0.15, 0.2) is 36.4 Å². The topological polar surface area (TPSA) is 54.0 Å². The molecular formula is C17H11ClO5. The fourth-order valence-corrected chi connectivity index (χ4v) is 2.77. The summed E-state index contributed by atoms with van der Waals surface area (Å²) in [6, 6.07) is 10.6. The van der Waals surface area contributed by atoms with Crippen LogP contribution in [0.3, 0.4) is 0 Å². The van der Waals surface area contributed by atoms with Gasteiger partial charge in [0.05, 0.1) is 5.03 Å². The van der Waals surface area contributed by atoms with Gasteiger partial charge >= 0.3 is 0 Å². The van der Waals surface area contributed by atoms with E-state index >= 15 is 0 Å². The summed E-state index contributed by atoms with van der Waals surface area (Å²) < 4.78 is 21.2. The number of carbonyl (C=O) groups excluding carboxylic acids is 1. The minimum absolute atomic E-state index is 0.175. The summed E-state index contributed by atoms with van der Waals surface area (Å²) in [6.07, 6.45) is 0.727. The van der Waals surface area contributed by atoms with E-state index in [1.165, 1.54) is 0 Å². The lowest BCUT2D eigenvalue weighted by Gasteiger charge is -2.07. The van der Waals surface area contributed by atoms with Crippen molar-refractivity contribution >= 4 is 28.5 Å². The highest BCUT2D eigenvalue weighted by Crippen LogP contribution is 2.39. The molecule has 116 valence electrons. The van der Waals surface area contributed by atoms with Crippen molar-refractivity contribution in [1.82, 2.24) is 0 Å². The zero-order chi connectivity index (χ0) is 15.8. The second-order valence-corrected chi connectivity index (χ2v) is 5.36. The quantitative estimate of drug-likeness (QED) is 0.490. The Morgan fingerprint density at radius 2 is 1.35 bits per heavy atom. The summed E-state index contributed by atoms with van der Waals surface area (Å²) in [6.45, 7) is 0.359. The molecule has 0 N–H and O–H groups in total. The number of rotatable bonds is 3. The third-order valence-corrected chi connectivity index (χ3v) is 4.09. The molecule has 0 saturated carbocycles. The molecule has 4 rings (SSSR count). The first kappa shape index (κ1) is 14.0. The van der Waals surface area contributed by atoms with E-state index in [4.69, 9.17) is 30.5 Å². The second-order valence-electron chi connectivity index (χ2n) is 4.98. The van der Waals surface area contributed by atoms with Crippen LogP contribution in [0.25, 0.3) is 10.6 Å². The first-order valence-corrected chi connectivity index (χ1v) is 7.29. The van der Waals surface area contributed by atoms with E-state index < -0.39 is 0 Å². The Morgan fingerprint density at radius 3 is 1.96 bits per heavy atom. The monoisotopic (exact) mass is 330 g/mol. The summed E-state index contributed by atoms with van der Waals surface area (Å²) in [4.78, 5) is 11.6. The first-order chi connectivity index (χ1) is 11.3. The van der Waals surface area contributed by atoms with Gasteiger partial charge in [-0.05, 0) is 41.5 Å². The number of aldehydes is 1. The summed E-state index contributed by atoms with van der Waals surface area (Å²) in [5, 5.41) is 0.331. The number of carbonyl (C=O) groups is 1. The van der Waals surface area contributed by atoms with Gasteiger partial charge in [-0.15, -0.1) is 0 Å². The number of hydrogen-bond acceptors (Lipinski definition) is 5. The fourth-order valence-electron chi connectivity index (χ4n) is 2.50. The van der Waals surface area contributed by atoms with Gasteiger partial charge in [0.15, 0.2) is 29.3 Å². The van der Waals surface area contributed by atoms with Gasteiger partial charge in [0.2, 0.25) is 13.6 Å². The van der Waals surface area contributed by atoms with Gasteiger partial charge < -0.3 is 18.9 Å². The molecule has 0 amide bonds. The van der Waals surface area contributed by atoms with Crippen molar-refractivity contribution in [2.75, 3.05) is 13.6 Å². The average Bonchev–Trinajstić information content (AvgIpc) is 3.23. The molecule has 0 radical (unpaired) electrons. The number of allylic oxidation sites excluding steroid dienone is 1. The highest BCUT2D eigenvalue weighted by Gasteiger charge is 2.19. The predicted molar refractivity (Wildman–Crippen MR) is 83.9 cm³/mol. The highest BCUT2D eigenvalue weighted by atomic mass is 35.5. The molecule has 0 saturated heterocycles. The van der Waals surface area contributed by atoms with Crippen molar-refractivity contribution in [2.24, 2.45) is 0 Å². The van der Waals surface area contributed by atoms with Gasteiger partial charge in [0.1, 0.15) is 0 Å². The molecule has 6 heteroatoms. The first-order valence-electron chi connectivity index (χ1n) is 6.91. The molecule has 0 unspecified atom stereocenters. The minimum Gasteiger partial charge on any atom is -0.454 e. The molecule has 23 heavy (non-hydrogen) atoms. The van der Waals surface area contributed by atoms with Crippen molar-refractivity contribution in [3.05, 3.63) is 47.5 Å². The lowest BCUT2D eigenvalue weighted by molar-refractivity contribution is -0.103. The maximum absolute atomic E-state index is 11.6. The van der Waals surface area contributed by atoms with Crippen LogP contribution < -0.4 is 18.9 Å². The van der Waals surface area contributed by atoms with Crippen LogP contribution in [0.1, 0.15) is 11.1 Å². The number of benzene rings is 2. The van der Waals surface area contributed by atoms with E-state index in [0.29, 0.717) is 44.7 Å². The lowest BCUT2D eigenvalue weighted by Crippen LogP contribution is -1.93. The third-order valence-electron chi connectivity index (χ3n) is 3.66. The van der Waals surface area contributed by atoms with E-state index in [2.05, 4.69) is 0 Å². The summed E-state index contributed by atoms with van der Waals surface area (Å²) in [7, 11) is 0. The molecule has 0 bridgehead atoms. The fraction of sp³-hybridized carbons (Fsp3) is 0.118. The van der Waals surface area contributed by atoms with Crippen molar-refractivity contribution in [2.45, 2.75) is 0 Å². The molecule has 0 spiro atoms. The Labute approximate surface area is 137 Å². The van der Waals surface area contributed by atoms with Gasteiger partial charge in [0, 0.05) is 5.57 Å². The van der Waals surface area contributed by atoms with Gasteiger partial charge in [-0.3, -0.25) is 4.79 Å². The number of ether oxygens (including phenoxy) is 4. The normalized spacial score (nSPS) is 15.3. The Bertz CT molecular complexity index is 828. The van der Waals surface area contributed by atoms with Gasteiger partial charge in [-0.2, -0.15) is 0 Å². The number of fused-ring (bicyclic) bond motifs is 2.